The molecule has 1 N–H and O–H groups in total. The molecule has 0 spiro atoms. The van der Waals surface area contributed by atoms with Crippen molar-refractivity contribution < 1.29 is 14.6 Å². The fraction of sp³-hybridized carbons (Fsp3) is 0. The molecule has 0 aromatic heterocycles. The second-order valence-electron chi connectivity index (χ2n) is 3.91. The SMILES string of the molecule is O=C(O)/C=C/c1ccc(Oc2ccc(I)cc2)cc1Cl. The molecule has 2 rings (SSSR count). The molecule has 0 aliphatic rings. The summed E-state index contributed by atoms with van der Waals surface area (Å²) in [6, 6.07) is 12.7. The summed E-state index contributed by atoms with van der Waals surface area (Å²) >= 11 is 8.30. The first-order valence-corrected chi connectivity index (χ1v) is 7.14. The minimum absolute atomic E-state index is 0.436. The van der Waals surface area contributed by atoms with Crippen molar-refractivity contribution in [2.45, 2.75) is 0 Å². The van der Waals surface area contributed by atoms with Crippen molar-refractivity contribution in [1.29, 1.82) is 0 Å². The molecule has 2 aromatic carbocycles. The van der Waals surface area contributed by atoms with Crippen LogP contribution < -0.4 is 4.74 Å². The van der Waals surface area contributed by atoms with Crippen molar-refractivity contribution in [2.24, 2.45) is 0 Å². The number of carboxylic acid groups (broad SMARTS) is 1. The highest BCUT2D eigenvalue weighted by Gasteiger charge is 2.02. The number of hydrogen-bond acceptors (Lipinski definition) is 2. The number of rotatable bonds is 4. The van der Waals surface area contributed by atoms with Gasteiger partial charge in [-0.3, -0.25) is 0 Å². The van der Waals surface area contributed by atoms with Crippen LogP contribution in [0.4, 0.5) is 0 Å². The Hall–Kier alpha value is -1.53. The fourth-order valence-corrected chi connectivity index (χ4v) is 2.10. The zero-order valence-corrected chi connectivity index (χ0v) is 13.1. The van der Waals surface area contributed by atoms with Gasteiger partial charge in [0.15, 0.2) is 0 Å². The molecule has 3 nitrogen and oxygen atoms in total. The Balaban J connectivity index is 2.16. The summed E-state index contributed by atoms with van der Waals surface area (Å²) in [4.78, 5) is 10.5. The van der Waals surface area contributed by atoms with Gasteiger partial charge in [-0.1, -0.05) is 11.6 Å². The van der Waals surface area contributed by atoms with Crippen LogP contribution in [0.3, 0.4) is 0 Å². The maximum absolute atomic E-state index is 10.5. The Bertz CT molecular complexity index is 651. The molecular weight excluding hydrogens is 391 g/mol. The second kappa shape index (κ2) is 6.76. The third-order valence-corrected chi connectivity index (χ3v) is 3.47. The van der Waals surface area contributed by atoms with Crippen LogP contribution in [0.15, 0.2) is 48.5 Å². The molecule has 0 aliphatic heterocycles. The molecule has 0 aliphatic carbocycles. The van der Waals surface area contributed by atoms with Crippen LogP contribution in [0.2, 0.25) is 5.02 Å². The van der Waals surface area contributed by atoms with E-state index in [4.69, 9.17) is 21.4 Å². The highest BCUT2D eigenvalue weighted by atomic mass is 127. The molecule has 0 bridgehead atoms. The first kappa shape index (κ1) is 14.9. The lowest BCUT2D eigenvalue weighted by Gasteiger charge is -2.07. The van der Waals surface area contributed by atoms with Crippen molar-refractivity contribution in [3.05, 3.63) is 62.7 Å². The molecule has 20 heavy (non-hydrogen) atoms. The number of carboxylic acids is 1. The van der Waals surface area contributed by atoms with Crippen molar-refractivity contribution in [2.75, 3.05) is 0 Å². The van der Waals surface area contributed by atoms with E-state index in [-0.39, 0.29) is 0 Å². The van der Waals surface area contributed by atoms with Crippen molar-refractivity contribution in [3.63, 3.8) is 0 Å². The van der Waals surface area contributed by atoms with Gasteiger partial charge >= 0.3 is 5.97 Å². The number of benzene rings is 2. The molecule has 0 saturated heterocycles. The van der Waals surface area contributed by atoms with E-state index in [9.17, 15) is 4.79 Å². The van der Waals surface area contributed by atoms with Crippen LogP contribution in [0, 0.1) is 3.57 Å². The first-order chi connectivity index (χ1) is 9.54. The molecule has 0 amide bonds. The van der Waals surface area contributed by atoms with Gasteiger partial charge in [-0.15, -0.1) is 0 Å². The molecule has 0 saturated carbocycles. The van der Waals surface area contributed by atoms with Crippen LogP contribution in [0.5, 0.6) is 11.5 Å². The Labute approximate surface area is 135 Å². The predicted molar refractivity (Wildman–Crippen MR) is 87.4 cm³/mol. The molecule has 5 heteroatoms. The Morgan fingerprint density at radius 1 is 1.15 bits per heavy atom. The lowest BCUT2D eigenvalue weighted by atomic mass is 10.2. The third-order valence-electron chi connectivity index (χ3n) is 2.43. The maximum Gasteiger partial charge on any atom is 0.328 e. The third kappa shape index (κ3) is 4.25. The van der Waals surface area contributed by atoms with Crippen molar-refractivity contribution >= 4 is 46.2 Å². The lowest BCUT2D eigenvalue weighted by Crippen LogP contribution is -1.87. The summed E-state index contributed by atoms with van der Waals surface area (Å²) in [7, 11) is 0. The van der Waals surface area contributed by atoms with Gasteiger partial charge in [-0.25, -0.2) is 4.79 Å². The molecule has 2 aromatic rings. The summed E-state index contributed by atoms with van der Waals surface area (Å²) in [6.45, 7) is 0. The average Bonchev–Trinajstić information content (AvgIpc) is 2.40. The largest absolute Gasteiger partial charge is 0.478 e. The van der Waals surface area contributed by atoms with E-state index in [1.165, 1.54) is 6.08 Å². The maximum atomic E-state index is 10.5. The minimum atomic E-state index is -1.01. The topological polar surface area (TPSA) is 46.5 Å². The Kier molecular flexibility index (Phi) is 5.03. The first-order valence-electron chi connectivity index (χ1n) is 5.68. The Morgan fingerprint density at radius 3 is 2.40 bits per heavy atom. The number of aliphatic carboxylic acids is 1. The quantitative estimate of drug-likeness (QED) is 0.590. The summed E-state index contributed by atoms with van der Waals surface area (Å²) in [5.41, 5.74) is 0.629. The van der Waals surface area contributed by atoms with Gasteiger partial charge in [-0.2, -0.15) is 0 Å². The fourth-order valence-electron chi connectivity index (χ4n) is 1.51. The van der Waals surface area contributed by atoms with E-state index < -0.39 is 5.97 Å². The molecule has 0 heterocycles. The van der Waals surface area contributed by atoms with Crippen molar-refractivity contribution in [1.82, 2.24) is 0 Å². The molecule has 102 valence electrons. The number of hydrogen-bond donors (Lipinski definition) is 1. The Morgan fingerprint density at radius 2 is 1.80 bits per heavy atom. The monoisotopic (exact) mass is 400 g/mol. The zero-order chi connectivity index (χ0) is 14.5. The van der Waals surface area contributed by atoms with E-state index in [2.05, 4.69) is 22.6 Å². The van der Waals surface area contributed by atoms with Crippen LogP contribution in [-0.4, -0.2) is 11.1 Å². The van der Waals surface area contributed by atoms with Crippen LogP contribution in [0.1, 0.15) is 5.56 Å². The molecule has 0 fully saturated rings. The van der Waals surface area contributed by atoms with Gasteiger partial charge in [0.05, 0.1) is 5.02 Å². The van der Waals surface area contributed by atoms with E-state index in [1.54, 1.807) is 18.2 Å². The highest BCUT2D eigenvalue weighted by Crippen LogP contribution is 2.27. The van der Waals surface area contributed by atoms with E-state index in [0.717, 1.165) is 15.4 Å². The van der Waals surface area contributed by atoms with Crippen LogP contribution in [-0.2, 0) is 4.79 Å². The van der Waals surface area contributed by atoms with E-state index in [1.807, 2.05) is 24.3 Å². The summed E-state index contributed by atoms with van der Waals surface area (Å²) < 4.78 is 6.79. The lowest BCUT2D eigenvalue weighted by molar-refractivity contribution is -0.131. The molecule has 0 unspecified atom stereocenters. The zero-order valence-electron chi connectivity index (χ0n) is 10.2. The molecular formula is C15H10ClIO3. The number of carbonyl (C=O) groups is 1. The van der Waals surface area contributed by atoms with Gasteiger partial charge in [-0.05, 0) is 76.7 Å². The number of halogens is 2. The molecule has 0 radical (unpaired) electrons. The summed E-state index contributed by atoms with van der Waals surface area (Å²) in [5, 5.41) is 9.02. The van der Waals surface area contributed by atoms with Crippen molar-refractivity contribution in [3.8, 4) is 11.5 Å². The van der Waals surface area contributed by atoms with Crippen LogP contribution >= 0.6 is 34.2 Å². The summed E-state index contributed by atoms with van der Waals surface area (Å²) in [6.07, 6.45) is 2.49. The van der Waals surface area contributed by atoms with E-state index in [0.29, 0.717) is 16.3 Å². The smallest absolute Gasteiger partial charge is 0.328 e. The molecule has 0 atom stereocenters. The highest BCUT2D eigenvalue weighted by molar-refractivity contribution is 14.1. The van der Waals surface area contributed by atoms with Gasteiger partial charge < -0.3 is 9.84 Å². The van der Waals surface area contributed by atoms with E-state index >= 15 is 0 Å². The second-order valence-corrected chi connectivity index (χ2v) is 5.56. The van der Waals surface area contributed by atoms with Gasteiger partial charge in [0.1, 0.15) is 11.5 Å². The predicted octanol–water partition coefficient (Wildman–Crippen LogP) is 4.83. The normalized spacial score (nSPS) is 10.7. The minimum Gasteiger partial charge on any atom is -0.478 e. The van der Waals surface area contributed by atoms with Gasteiger partial charge in [0, 0.05) is 9.65 Å². The average molecular weight is 401 g/mol. The van der Waals surface area contributed by atoms with Crippen LogP contribution in [0.25, 0.3) is 6.08 Å². The van der Waals surface area contributed by atoms with Gasteiger partial charge in [0.2, 0.25) is 0 Å². The number of ether oxygens (including phenoxy) is 1. The van der Waals surface area contributed by atoms with Gasteiger partial charge in [0.25, 0.3) is 0 Å². The standard InChI is InChI=1S/C15H10ClIO3/c16-14-9-13(5-1-10(14)2-8-15(18)19)20-12-6-3-11(17)4-7-12/h1-9H,(H,18,19)/b8-2+. The summed E-state index contributed by atoms with van der Waals surface area (Å²) in [5.74, 6) is 0.305.